The van der Waals surface area contributed by atoms with Gasteiger partial charge in [0.25, 0.3) is 0 Å². The van der Waals surface area contributed by atoms with E-state index in [-0.39, 0.29) is 0 Å². The van der Waals surface area contributed by atoms with Gasteiger partial charge >= 0.3 is 0 Å². The monoisotopic (exact) mass is 332 g/mol. The average molecular weight is 333 g/mol. The number of benzene rings is 1. The van der Waals surface area contributed by atoms with Gasteiger partial charge in [0.1, 0.15) is 12.4 Å². The van der Waals surface area contributed by atoms with E-state index in [9.17, 15) is 0 Å². The minimum Gasteiger partial charge on any atom is -0.487 e. The fourth-order valence-corrected chi connectivity index (χ4v) is 2.18. The van der Waals surface area contributed by atoms with Crippen LogP contribution in [0.4, 0.5) is 5.69 Å². The number of hydrogen-bond donors (Lipinski definition) is 1. The number of ether oxygens (including phenoxy) is 1. The Labute approximate surface area is 138 Å². The summed E-state index contributed by atoms with van der Waals surface area (Å²) in [5.41, 5.74) is 1.61. The van der Waals surface area contributed by atoms with Crippen molar-refractivity contribution in [2.45, 2.75) is 6.61 Å². The fraction of sp³-hybridized carbons (Fsp3) is 0.133. The van der Waals surface area contributed by atoms with E-state index in [2.05, 4.69) is 15.3 Å². The van der Waals surface area contributed by atoms with Crippen LogP contribution in [0.25, 0.3) is 0 Å². The predicted octanol–water partition coefficient (Wildman–Crippen LogP) is 3.74. The molecule has 22 heavy (non-hydrogen) atoms. The van der Waals surface area contributed by atoms with Crippen molar-refractivity contribution in [3.8, 4) is 11.9 Å². The fourth-order valence-electron chi connectivity index (χ4n) is 1.61. The summed E-state index contributed by atoms with van der Waals surface area (Å²) < 4.78 is 5.66. The van der Waals surface area contributed by atoms with Crippen LogP contribution in [-0.2, 0) is 6.61 Å². The zero-order valence-electron chi connectivity index (χ0n) is 11.8. The van der Waals surface area contributed by atoms with Gasteiger partial charge in [-0.05, 0) is 30.5 Å². The molecule has 5 nitrogen and oxygen atoms in total. The molecule has 0 bridgehead atoms. The number of nitrogens with zero attached hydrogens (tertiary/aromatic N) is 3. The zero-order valence-corrected chi connectivity index (χ0v) is 13.4. The summed E-state index contributed by atoms with van der Waals surface area (Å²) in [6.07, 6.45) is 7.12. The van der Waals surface area contributed by atoms with E-state index < -0.39 is 0 Å². The van der Waals surface area contributed by atoms with Crippen molar-refractivity contribution in [2.75, 3.05) is 6.26 Å². The molecule has 1 aromatic carbocycles. The number of rotatable bonds is 4. The van der Waals surface area contributed by atoms with Gasteiger partial charge in [0.2, 0.25) is 0 Å². The lowest BCUT2D eigenvalue weighted by molar-refractivity contribution is 0.306. The van der Waals surface area contributed by atoms with E-state index in [0.29, 0.717) is 28.2 Å². The summed E-state index contributed by atoms with van der Waals surface area (Å²) in [6.45, 7) is 0.391. The van der Waals surface area contributed by atoms with Crippen molar-refractivity contribution in [3.63, 3.8) is 0 Å². The normalized spacial score (nSPS) is 10.9. The number of aromatic nitrogens is 1. The second-order valence-corrected chi connectivity index (χ2v) is 5.32. The first kappa shape index (κ1) is 16.1. The smallest absolute Gasteiger partial charge is 0.183 e. The zero-order chi connectivity index (χ0) is 15.8. The average Bonchev–Trinajstić information content (AvgIpc) is 2.54. The molecule has 0 saturated heterocycles. The third-order valence-corrected chi connectivity index (χ3v) is 3.49. The number of nitrogens with one attached hydrogen (secondary N) is 1. The van der Waals surface area contributed by atoms with Crippen LogP contribution in [0.5, 0.6) is 5.75 Å². The Morgan fingerprint density at radius 2 is 2.36 bits per heavy atom. The van der Waals surface area contributed by atoms with Crippen LogP contribution in [0.2, 0.25) is 5.02 Å². The van der Waals surface area contributed by atoms with Gasteiger partial charge in [0, 0.05) is 18.0 Å². The molecule has 0 unspecified atom stereocenters. The van der Waals surface area contributed by atoms with E-state index in [1.165, 1.54) is 11.8 Å². The third kappa shape index (κ3) is 4.65. The highest BCUT2D eigenvalue weighted by Gasteiger charge is 2.05. The highest BCUT2D eigenvalue weighted by atomic mass is 35.5. The number of nitriles is 1. The van der Waals surface area contributed by atoms with Gasteiger partial charge in [-0.1, -0.05) is 29.4 Å². The summed E-state index contributed by atoms with van der Waals surface area (Å²) in [7, 11) is 0. The van der Waals surface area contributed by atoms with Crippen LogP contribution in [0.15, 0.2) is 47.7 Å². The molecule has 1 aromatic heterocycles. The number of halogens is 1. The summed E-state index contributed by atoms with van der Waals surface area (Å²) in [5.74, 6) is 0.573. The number of thioether (sulfide) groups is 1. The minimum atomic E-state index is 0.391. The lowest BCUT2D eigenvalue weighted by Gasteiger charge is -2.08. The highest BCUT2D eigenvalue weighted by Crippen LogP contribution is 2.30. The van der Waals surface area contributed by atoms with Crippen LogP contribution in [0, 0.1) is 11.5 Å². The number of aliphatic imine (C=N–C) groups is 1. The van der Waals surface area contributed by atoms with Crippen molar-refractivity contribution < 1.29 is 4.74 Å². The summed E-state index contributed by atoms with van der Waals surface area (Å²) in [4.78, 5) is 8.31. The molecule has 0 spiro atoms. The molecule has 0 radical (unpaired) electrons. The Bertz CT molecular complexity index is 700. The van der Waals surface area contributed by atoms with E-state index in [1.807, 2.05) is 24.6 Å². The SMILES string of the molecule is CSC(=Nc1ccc(OCc2cccnc2)c(Cl)c1)NC#N. The predicted molar refractivity (Wildman–Crippen MR) is 89.4 cm³/mol. The van der Waals surface area contributed by atoms with E-state index in [0.717, 1.165) is 5.56 Å². The van der Waals surface area contributed by atoms with E-state index in [4.69, 9.17) is 21.6 Å². The molecule has 0 aliphatic rings. The Morgan fingerprint density at radius 1 is 1.50 bits per heavy atom. The summed E-state index contributed by atoms with van der Waals surface area (Å²) >= 11 is 7.54. The second-order valence-electron chi connectivity index (χ2n) is 4.12. The standard InChI is InChI=1S/C15H13ClN4OS/c1-22-15(19-10-17)20-12-4-5-14(13(16)7-12)21-9-11-3-2-6-18-8-11/h2-8H,9H2,1H3,(H,19,20). The first-order valence-corrected chi connectivity index (χ1v) is 7.92. The van der Waals surface area contributed by atoms with Crippen molar-refractivity contribution in [1.29, 1.82) is 5.26 Å². The maximum Gasteiger partial charge on any atom is 0.183 e. The maximum absolute atomic E-state index is 8.62. The highest BCUT2D eigenvalue weighted by molar-refractivity contribution is 8.13. The van der Waals surface area contributed by atoms with Gasteiger partial charge in [-0.2, -0.15) is 5.26 Å². The Kier molecular flexibility index (Phi) is 6.07. The molecule has 1 N–H and O–H groups in total. The molecule has 112 valence electrons. The van der Waals surface area contributed by atoms with E-state index >= 15 is 0 Å². The molecule has 2 rings (SSSR count). The Morgan fingerprint density at radius 3 is 3.00 bits per heavy atom. The molecule has 1 heterocycles. The van der Waals surface area contributed by atoms with Crippen molar-refractivity contribution in [2.24, 2.45) is 4.99 Å². The van der Waals surface area contributed by atoms with Gasteiger partial charge < -0.3 is 4.74 Å². The first-order valence-electron chi connectivity index (χ1n) is 6.32. The van der Waals surface area contributed by atoms with Gasteiger partial charge in [-0.25, -0.2) is 4.99 Å². The molecular weight excluding hydrogens is 320 g/mol. The quantitative estimate of drug-likeness (QED) is 0.400. The Hall–Kier alpha value is -2.23. The van der Waals surface area contributed by atoms with Crippen LogP contribution in [0.1, 0.15) is 5.56 Å². The molecule has 7 heteroatoms. The van der Waals surface area contributed by atoms with Gasteiger partial charge in [-0.3, -0.25) is 10.3 Å². The largest absolute Gasteiger partial charge is 0.487 e. The van der Waals surface area contributed by atoms with Crippen LogP contribution < -0.4 is 10.1 Å². The topological polar surface area (TPSA) is 70.3 Å². The minimum absolute atomic E-state index is 0.391. The molecule has 0 aliphatic heterocycles. The molecule has 0 atom stereocenters. The van der Waals surface area contributed by atoms with Crippen LogP contribution >= 0.6 is 23.4 Å². The molecule has 0 aliphatic carbocycles. The van der Waals surface area contributed by atoms with Crippen LogP contribution in [-0.4, -0.2) is 16.4 Å². The molecular formula is C15H13ClN4OS. The van der Waals surface area contributed by atoms with Crippen molar-refractivity contribution in [3.05, 3.63) is 53.3 Å². The lowest BCUT2D eigenvalue weighted by Crippen LogP contribution is -2.12. The summed E-state index contributed by atoms with van der Waals surface area (Å²) in [5, 5.41) is 12.1. The molecule has 0 fully saturated rings. The molecule has 0 saturated carbocycles. The number of amidine groups is 1. The molecule has 2 aromatic rings. The number of pyridine rings is 1. The summed E-state index contributed by atoms with van der Waals surface area (Å²) in [6, 6.07) is 9.00. The van der Waals surface area contributed by atoms with E-state index in [1.54, 1.807) is 30.6 Å². The van der Waals surface area contributed by atoms with Crippen LogP contribution in [0.3, 0.4) is 0 Å². The van der Waals surface area contributed by atoms with Gasteiger partial charge in [0.05, 0.1) is 10.7 Å². The van der Waals surface area contributed by atoms with Gasteiger partial charge in [-0.15, -0.1) is 0 Å². The second kappa shape index (κ2) is 8.27. The third-order valence-electron chi connectivity index (χ3n) is 2.62. The lowest BCUT2D eigenvalue weighted by atomic mass is 10.3. The molecule has 0 amide bonds. The number of hydrogen-bond acceptors (Lipinski definition) is 5. The van der Waals surface area contributed by atoms with Gasteiger partial charge in [0.15, 0.2) is 11.4 Å². The van der Waals surface area contributed by atoms with Crippen molar-refractivity contribution in [1.82, 2.24) is 10.3 Å². The Balaban J connectivity index is 2.08. The van der Waals surface area contributed by atoms with Crippen molar-refractivity contribution >= 4 is 34.2 Å². The maximum atomic E-state index is 8.62. The first-order chi connectivity index (χ1) is 10.7.